The molecule has 1 N–H and O–H groups in total. The van der Waals surface area contributed by atoms with Crippen LogP contribution in [0.2, 0.25) is 5.02 Å². The lowest BCUT2D eigenvalue weighted by Crippen LogP contribution is -2.43. The summed E-state index contributed by atoms with van der Waals surface area (Å²) in [6.07, 6.45) is 5.52. The monoisotopic (exact) mass is 358 g/mol. The Hall–Kier alpha value is -1.78. The van der Waals surface area contributed by atoms with Gasteiger partial charge in [-0.3, -0.25) is 4.79 Å². The summed E-state index contributed by atoms with van der Waals surface area (Å²) in [6.45, 7) is 2.13. The summed E-state index contributed by atoms with van der Waals surface area (Å²) in [5.41, 5.74) is 0.843. The van der Waals surface area contributed by atoms with E-state index in [0.717, 1.165) is 17.8 Å². The number of hydrogen-bond acceptors (Lipinski definition) is 3. The van der Waals surface area contributed by atoms with E-state index >= 15 is 0 Å². The number of nitrogens with zero attached hydrogens (tertiary/aromatic N) is 2. The summed E-state index contributed by atoms with van der Waals surface area (Å²) >= 11 is 6.39. The molecule has 4 rings (SSSR count). The second kappa shape index (κ2) is 6.50. The number of piperidine rings is 1. The SMILES string of the molecule is O=c1c(Cl)c(N2CCC(O)(c3ccccc3)CC2)ccn1CC1CC1. The molecule has 0 atom stereocenters. The molecule has 0 unspecified atom stereocenters. The molecule has 2 fully saturated rings. The van der Waals surface area contributed by atoms with Crippen LogP contribution in [-0.4, -0.2) is 22.8 Å². The molecule has 1 saturated heterocycles. The van der Waals surface area contributed by atoms with Crippen LogP contribution in [0.15, 0.2) is 47.4 Å². The highest BCUT2D eigenvalue weighted by Gasteiger charge is 2.34. The molecule has 1 aromatic carbocycles. The van der Waals surface area contributed by atoms with Gasteiger partial charge < -0.3 is 14.6 Å². The Morgan fingerprint density at radius 1 is 1.12 bits per heavy atom. The largest absolute Gasteiger partial charge is 0.385 e. The number of aliphatic hydroxyl groups is 1. The zero-order valence-corrected chi connectivity index (χ0v) is 15.0. The molecule has 1 aromatic heterocycles. The van der Waals surface area contributed by atoms with E-state index in [0.29, 0.717) is 36.9 Å². The number of pyridine rings is 1. The molecule has 2 aliphatic rings. The Kier molecular flexibility index (Phi) is 4.34. The van der Waals surface area contributed by atoms with Crippen LogP contribution >= 0.6 is 11.6 Å². The van der Waals surface area contributed by atoms with Gasteiger partial charge in [0.2, 0.25) is 0 Å². The van der Waals surface area contributed by atoms with Gasteiger partial charge in [0.05, 0.1) is 11.3 Å². The third kappa shape index (κ3) is 3.33. The number of rotatable bonds is 4. The van der Waals surface area contributed by atoms with E-state index in [1.807, 2.05) is 42.6 Å². The van der Waals surface area contributed by atoms with E-state index < -0.39 is 5.60 Å². The van der Waals surface area contributed by atoms with Crippen LogP contribution in [0, 0.1) is 5.92 Å². The number of anilines is 1. The summed E-state index contributed by atoms with van der Waals surface area (Å²) in [5, 5.41) is 11.3. The van der Waals surface area contributed by atoms with Gasteiger partial charge in [0.25, 0.3) is 5.56 Å². The summed E-state index contributed by atoms with van der Waals surface area (Å²) in [7, 11) is 0. The van der Waals surface area contributed by atoms with Crippen molar-refractivity contribution in [2.45, 2.75) is 37.8 Å². The Morgan fingerprint density at radius 3 is 2.44 bits per heavy atom. The van der Waals surface area contributed by atoms with Gasteiger partial charge >= 0.3 is 0 Å². The number of benzene rings is 1. The Bertz CT molecular complexity index is 806. The molecular formula is C20H23ClN2O2. The van der Waals surface area contributed by atoms with Gasteiger partial charge in [-0.2, -0.15) is 0 Å². The summed E-state index contributed by atoms with van der Waals surface area (Å²) in [4.78, 5) is 14.6. The van der Waals surface area contributed by atoms with E-state index in [2.05, 4.69) is 4.90 Å². The highest BCUT2D eigenvalue weighted by atomic mass is 35.5. The first-order chi connectivity index (χ1) is 12.1. The molecule has 0 radical (unpaired) electrons. The van der Waals surface area contributed by atoms with Gasteiger partial charge in [-0.25, -0.2) is 0 Å². The van der Waals surface area contributed by atoms with Crippen molar-refractivity contribution in [3.05, 3.63) is 63.5 Å². The molecule has 2 aromatic rings. The maximum Gasteiger partial charge on any atom is 0.271 e. The molecule has 1 saturated carbocycles. The molecule has 0 bridgehead atoms. The van der Waals surface area contributed by atoms with Crippen molar-refractivity contribution >= 4 is 17.3 Å². The van der Waals surface area contributed by atoms with E-state index in [4.69, 9.17) is 11.6 Å². The van der Waals surface area contributed by atoms with Crippen LogP contribution in [0.3, 0.4) is 0 Å². The highest BCUT2D eigenvalue weighted by Crippen LogP contribution is 2.36. The second-order valence-electron chi connectivity index (χ2n) is 7.30. The van der Waals surface area contributed by atoms with Gasteiger partial charge in [0.15, 0.2) is 0 Å². The first kappa shape index (κ1) is 16.7. The fourth-order valence-corrected chi connectivity index (χ4v) is 3.95. The molecule has 2 heterocycles. The van der Waals surface area contributed by atoms with E-state index in [9.17, 15) is 9.90 Å². The van der Waals surface area contributed by atoms with E-state index in [-0.39, 0.29) is 5.56 Å². The first-order valence-electron chi connectivity index (χ1n) is 8.99. The third-order valence-corrected chi connectivity index (χ3v) is 5.84. The minimum Gasteiger partial charge on any atom is -0.385 e. The maximum absolute atomic E-state index is 12.5. The molecule has 1 aliphatic carbocycles. The average molecular weight is 359 g/mol. The van der Waals surface area contributed by atoms with E-state index in [1.165, 1.54) is 12.8 Å². The molecule has 4 nitrogen and oxygen atoms in total. The van der Waals surface area contributed by atoms with Crippen molar-refractivity contribution in [3.8, 4) is 0 Å². The van der Waals surface area contributed by atoms with Gasteiger partial charge in [-0.1, -0.05) is 41.9 Å². The maximum atomic E-state index is 12.5. The van der Waals surface area contributed by atoms with Gasteiger partial charge in [0.1, 0.15) is 5.02 Å². The Balaban J connectivity index is 1.51. The third-order valence-electron chi connectivity index (χ3n) is 5.48. The van der Waals surface area contributed by atoms with Crippen molar-refractivity contribution < 1.29 is 5.11 Å². The molecule has 0 amide bonds. The summed E-state index contributed by atoms with van der Waals surface area (Å²) in [5.74, 6) is 0.635. The van der Waals surface area contributed by atoms with Crippen LogP contribution < -0.4 is 10.5 Å². The lowest BCUT2D eigenvalue weighted by Gasteiger charge is -2.39. The zero-order valence-electron chi connectivity index (χ0n) is 14.2. The average Bonchev–Trinajstić information content (AvgIpc) is 3.45. The smallest absolute Gasteiger partial charge is 0.271 e. The summed E-state index contributed by atoms with van der Waals surface area (Å²) < 4.78 is 1.73. The van der Waals surface area contributed by atoms with Crippen molar-refractivity contribution in [3.63, 3.8) is 0 Å². The number of aromatic nitrogens is 1. The van der Waals surface area contributed by atoms with Gasteiger partial charge in [-0.15, -0.1) is 0 Å². The van der Waals surface area contributed by atoms with Crippen molar-refractivity contribution in [2.75, 3.05) is 18.0 Å². The predicted molar refractivity (Wildman–Crippen MR) is 100 cm³/mol. The van der Waals surface area contributed by atoms with Gasteiger partial charge in [0, 0.05) is 25.8 Å². The Labute approximate surface area is 152 Å². The second-order valence-corrected chi connectivity index (χ2v) is 7.68. The van der Waals surface area contributed by atoms with Crippen molar-refractivity contribution in [1.29, 1.82) is 0 Å². The molecule has 1 aliphatic heterocycles. The van der Waals surface area contributed by atoms with Crippen molar-refractivity contribution in [1.82, 2.24) is 4.57 Å². The standard InChI is InChI=1S/C20H23ClN2O2/c21-18-17(8-11-23(19(18)24)14-15-6-7-15)22-12-9-20(25,10-13-22)16-4-2-1-3-5-16/h1-5,8,11,15,25H,6-7,9-10,12-14H2. The van der Waals surface area contributed by atoms with Crippen molar-refractivity contribution in [2.24, 2.45) is 5.92 Å². The molecule has 0 spiro atoms. The first-order valence-corrected chi connectivity index (χ1v) is 9.36. The molecule has 25 heavy (non-hydrogen) atoms. The van der Waals surface area contributed by atoms with Crippen LogP contribution in [0.4, 0.5) is 5.69 Å². The van der Waals surface area contributed by atoms with Crippen LogP contribution in [0.1, 0.15) is 31.2 Å². The fourth-order valence-electron chi connectivity index (χ4n) is 3.66. The summed E-state index contributed by atoms with van der Waals surface area (Å²) in [6, 6.07) is 11.8. The normalized spacial score (nSPS) is 19.8. The number of halogens is 1. The molecule has 5 heteroatoms. The van der Waals surface area contributed by atoms with Gasteiger partial charge in [-0.05, 0) is 43.2 Å². The minimum atomic E-state index is -0.800. The lowest BCUT2D eigenvalue weighted by molar-refractivity contribution is 0.0118. The lowest BCUT2D eigenvalue weighted by atomic mass is 9.84. The Morgan fingerprint density at radius 2 is 1.80 bits per heavy atom. The highest BCUT2D eigenvalue weighted by molar-refractivity contribution is 6.33. The minimum absolute atomic E-state index is 0.102. The molecular weight excluding hydrogens is 336 g/mol. The number of hydrogen-bond donors (Lipinski definition) is 1. The van der Waals surface area contributed by atoms with E-state index in [1.54, 1.807) is 4.57 Å². The topological polar surface area (TPSA) is 45.5 Å². The van der Waals surface area contributed by atoms with Crippen LogP contribution in [0.25, 0.3) is 0 Å². The fraction of sp³-hybridized carbons (Fsp3) is 0.450. The predicted octanol–water partition coefficient (Wildman–Crippen LogP) is 3.40. The van der Waals surface area contributed by atoms with Crippen LogP contribution in [-0.2, 0) is 12.1 Å². The zero-order chi connectivity index (χ0) is 17.4. The van der Waals surface area contributed by atoms with Crippen LogP contribution in [0.5, 0.6) is 0 Å². The quantitative estimate of drug-likeness (QED) is 0.911. The molecule has 132 valence electrons.